The Morgan fingerprint density at radius 1 is 1.09 bits per heavy atom. The van der Waals surface area contributed by atoms with Crippen molar-refractivity contribution < 1.29 is 14.3 Å². The number of carbonyl (C=O) groups is 2. The molecule has 0 aromatic rings. The van der Waals surface area contributed by atoms with Crippen LogP contribution >= 0.6 is 22.6 Å². The smallest absolute Gasteiger partial charge is 0.410 e. The maximum atomic E-state index is 11.8. The normalized spacial score (nSPS) is 15.9. The van der Waals surface area contributed by atoms with Gasteiger partial charge in [-0.25, -0.2) is 4.79 Å². The Morgan fingerprint density at radius 2 is 1.73 bits per heavy atom. The Labute approximate surface area is 147 Å². The largest absolute Gasteiger partial charge is 0.447 e. The van der Waals surface area contributed by atoms with Gasteiger partial charge in [0.1, 0.15) is 0 Å². The molecule has 1 saturated heterocycles. The van der Waals surface area contributed by atoms with Crippen molar-refractivity contribution in [3.63, 3.8) is 0 Å². The SMILES string of the molecule is CC(C)OC(=O)N1CCN(CCCCCCNC(=O)I)CC1. The molecule has 0 aromatic carbocycles. The number of hydrogen-bond acceptors (Lipinski definition) is 4. The molecule has 1 aliphatic heterocycles. The highest BCUT2D eigenvalue weighted by molar-refractivity contribution is 14.1. The van der Waals surface area contributed by atoms with Gasteiger partial charge in [0, 0.05) is 55.3 Å². The van der Waals surface area contributed by atoms with Crippen molar-refractivity contribution in [3.05, 3.63) is 0 Å². The number of unbranched alkanes of at least 4 members (excludes halogenated alkanes) is 3. The zero-order valence-corrected chi connectivity index (χ0v) is 15.8. The lowest BCUT2D eigenvalue weighted by Gasteiger charge is -2.34. The lowest BCUT2D eigenvalue weighted by atomic mass is 10.2. The molecule has 22 heavy (non-hydrogen) atoms. The van der Waals surface area contributed by atoms with E-state index in [9.17, 15) is 9.59 Å². The van der Waals surface area contributed by atoms with E-state index in [-0.39, 0.29) is 16.1 Å². The number of nitrogens with zero attached hydrogens (tertiary/aromatic N) is 2. The summed E-state index contributed by atoms with van der Waals surface area (Å²) in [5.41, 5.74) is 0. The van der Waals surface area contributed by atoms with Gasteiger partial charge >= 0.3 is 6.09 Å². The molecule has 0 unspecified atom stereocenters. The lowest BCUT2D eigenvalue weighted by molar-refractivity contribution is 0.0569. The van der Waals surface area contributed by atoms with Crippen molar-refractivity contribution in [1.82, 2.24) is 15.1 Å². The van der Waals surface area contributed by atoms with E-state index < -0.39 is 0 Å². The van der Waals surface area contributed by atoms with Crippen LogP contribution in [-0.4, -0.2) is 65.2 Å². The van der Waals surface area contributed by atoms with Crippen LogP contribution in [0.5, 0.6) is 0 Å². The molecule has 128 valence electrons. The van der Waals surface area contributed by atoms with E-state index in [0.717, 1.165) is 52.1 Å². The molecule has 0 aliphatic carbocycles. The van der Waals surface area contributed by atoms with Crippen LogP contribution in [0, 0.1) is 0 Å². The quantitative estimate of drug-likeness (QED) is 0.281. The lowest BCUT2D eigenvalue weighted by Crippen LogP contribution is -2.49. The van der Waals surface area contributed by atoms with Crippen LogP contribution in [0.3, 0.4) is 0 Å². The Hall–Kier alpha value is -0.570. The minimum absolute atomic E-state index is 0.0199. The first-order chi connectivity index (χ1) is 10.5. The number of amides is 2. The van der Waals surface area contributed by atoms with Crippen molar-refractivity contribution in [2.75, 3.05) is 39.3 Å². The average Bonchev–Trinajstić information content (AvgIpc) is 2.46. The van der Waals surface area contributed by atoms with E-state index in [0.29, 0.717) is 0 Å². The number of carbonyl (C=O) groups excluding carboxylic acids is 2. The molecule has 0 atom stereocenters. The fourth-order valence-electron chi connectivity index (χ4n) is 2.43. The third-order valence-corrected chi connectivity index (χ3v) is 4.01. The van der Waals surface area contributed by atoms with Crippen molar-refractivity contribution in [2.24, 2.45) is 0 Å². The van der Waals surface area contributed by atoms with Crippen molar-refractivity contribution in [3.8, 4) is 0 Å². The summed E-state index contributed by atoms with van der Waals surface area (Å²) in [6, 6.07) is 0. The zero-order chi connectivity index (χ0) is 16.4. The van der Waals surface area contributed by atoms with Gasteiger partial charge in [-0.1, -0.05) is 12.8 Å². The molecule has 1 rings (SSSR count). The second-order valence-corrected chi connectivity index (χ2v) is 6.86. The third kappa shape index (κ3) is 8.77. The van der Waals surface area contributed by atoms with Gasteiger partial charge in [0.15, 0.2) is 0 Å². The predicted molar refractivity (Wildman–Crippen MR) is 95.5 cm³/mol. The maximum Gasteiger partial charge on any atom is 0.410 e. The van der Waals surface area contributed by atoms with Crippen LogP contribution in [-0.2, 0) is 4.74 Å². The molecule has 1 aliphatic rings. The summed E-state index contributed by atoms with van der Waals surface area (Å²) in [7, 11) is 0. The standard InChI is InChI=1S/C15H28IN3O3/c1-13(2)22-15(21)19-11-9-18(10-12-19)8-6-4-3-5-7-17-14(16)20/h13H,3-12H2,1-2H3,(H,17,20). The molecular weight excluding hydrogens is 397 g/mol. The van der Waals surface area contributed by atoms with Gasteiger partial charge in [-0.15, -0.1) is 0 Å². The third-order valence-electron chi connectivity index (χ3n) is 3.63. The van der Waals surface area contributed by atoms with Gasteiger partial charge in [0.2, 0.25) is 0 Å². The molecule has 0 saturated carbocycles. The Bertz CT molecular complexity index is 345. The summed E-state index contributed by atoms with van der Waals surface area (Å²) < 4.78 is 5.24. The van der Waals surface area contributed by atoms with Crippen molar-refractivity contribution in [1.29, 1.82) is 0 Å². The number of piperazine rings is 1. The molecule has 7 heteroatoms. The summed E-state index contributed by atoms with van der Waals surface area (Å²) in [5.74, 6) is 0. The summed E-state index contributed by atoms with van der Waals surface area (Å²) in [6.45, 7) is 8.99. The van der Waals surface area contributed by atoms with Gasteiger partial charge in [-0.05, 0) is 33.2 Å². The molecule has 1 heterocycles. The highest BCUT2D eigenvalue weighted by atomic mass is 127. The van der Waals surface area contributed by atoms with Gasteiger partial charge < -0.3 is 15.0 Å². The topological polar surface area (TPSA) is 61.9 Å². The van der Waals surface area contributed by atoms with Crippen LogP contribution in [0.25, 0.3) is 0 Å². The van der Waals surface area contributed by atoms with Crippen LogP contribution < -0.4 is 5.32 Å². The number of halogens is 1. The highest BCUT2D eigenvalue weighted by Gasteiger charge is 2.22. The van der Waals surface area contributed by atoms with Gasteiger partial charge in [-0.2, -0.15) is 0 Å². The first-order valence-corrected chi connectivity index (χ1v) is 9.18. The molecule has 0 radical (unpaired) electrons. The second kappa shape index (κ2) is 11.0. The number of ether oxygens (including phenoxy) is 1. The van der Waals surface area contributed by atoms with E-state index in [1.54, 1.807) is 27.5 Å². The molecule has 0 aromatic heterocycles. The van der Waals surface area contributed by atoms with E-state index in [1.807, 2.05) is 13.8 Å². The molecule has 0 bridgehead atoms. The maximum absolute atomic E-state index is 11.8. The summed E-state index contributed by atoms with van der Waals surface area (Å²) in [4.78, 5) is 26.7. The summed E-state index contributed by atoms with van der Waals surface area (Å²) in [5, 5.41) is 2.80. The van der Waals surface area contributed by atoms with Crippen LogP contribution in [0.4, 0.5) is 9.59 Å². The molecule has 2 amide bonds. The first-order valence-electron chi connectivity index (χ1n) is 8.10. The zero-order valence-electron chi connectivity index (χ0n) is 13.6. The number of rotatable bonds is 8. The Kier molecular flexibility index (Phi) is 9.77. The molecule has 6 nitrogen and oxygen atoms in total. The Balaban J connectivity index is 2.01. The molecule has 1 fully saturated rings. The molecule has 1 N–H and O–H groups in total. The van der Waals surface area contributed by atoms with E-state index >= 15 is 0 Å². The van der Waals surface area contributed by atoms with E-state index in [4.69, 9.17) is 4.74 Å². The monoisotopic (exact) mass is 425 g/mol. The van der Waals surface area contributed by atoms with Crippen LogP contribution in [0.1, 0.15) is 39.5 Å². The van der Waals surface area contributed by atoms with E-state index in [1.165, 1.54) is 12.8 Å². The van der Waals surface area contributed by atoms with Crippen LogP contribution in [0.15, 0.2) is 0 Å². The fourth-order valence-corrected chi connectivity index (χ4v) is 2.70. The number of nitrogens with one attached hydrogen (secondary N) is 1. The average molecular weight is 425 g/mol. The van der Waals surface area contributed by atoms with Gasteiger partial charge in [0.05, 0.1) is 6.10 Å². The predicted octanol–water partition coefficient (Wildman–Crippen LogP) is 2.85. The fraction of sp³-hybridized carbons (Fsp3) is 0.867. The molecular formula is C15H28IN3O3. The first kappa shape index (κ1) is 19.5. The number of hydrogen-bond donors (Lipinski definition) is 1. The van der Waals surface area contributed by atoms with Crippen molar-refractivity contribution in [2.45, 2.75) is 45.6 Å². The second-order valence-electron chi connectivity index (χ2n) is 5.88. The van der Waals surface area contributed by atoms with Crippen LogP contribution in [0.2, 0.25) is 0 Å². The van der Waals surface area contributed by atoms with Gasteiger partial charge in [0.25, 0.3) is 3.91 Å². The van der Waals surface area contributed by atoms with E-state index in [2.05, 4.69) is 10.2 Å². The minimum Gasteiger partial charge on any atom is -0.447 e. The minimum atomic E-state index is -0.188. The highest BCUT2D eigenvalue weighted by Crippen LogP contribution is 2.08. The van der Waals surface area contributed by atoms with Crippen molar-refractivity contribution >= 4 is 32.6 Å². The summed E-state index contributed by atoms with van der Waals surface area (Å²) >= 11 is 1.76. The van der Waals surface area contributed by atoms with Gasteiger partial charge in [-0.3, -0.25) is 9.69 Å². The molecule has 0 spiro atoms. The Morgan fingerprint density at radius 3 is 2.32 bits per heavy atom. The summed E-state index contributed by atoms with van der Waals surface area (Å²) in [6.07, 6.45) is 4.32.